The van der Waals surface area contributed by atoms with Crippen molar-refractivity contribution in [3.8, 4) is 0 Å². The van der Waals surface area contributed by atoms with Crippen LogP contribution in [0.2, 0.25) is 5.02 Å². The maximum Gasteiger partial charge on any atom is 0.263 e. The molecule has 3 N–H and O–H groups in total. The second-order valence-electron chi connectivity index (χ2n) is 3.69. The van der Waals surface area contributed by atoms with Gasteiger partial charge in [-0.05, 0) is 24.6 Å². The zero-order valence-corrected chi connectivity index (χ0v) is 12.3. The number of aromatic nitrogens is 2. The molecule has 2 rings (SSSR count). The van der Waals surface area contributed by atoms with E-state index < -0.39 is 10.0 Å². The van der Waals surface area contributed by atoms with Gasteiger partial charge in [-0.2, -0.15) is 0 Å². The number of aryl methyl sites for hydroxylation is 1. The smallest absolute Gasteiger partial charge is 0.263 e. The van der Waals surface area contributed by atoms with Crippen molar-refractivity contribution >= 4 is 38.1 Å². The van der Waals surface area contributed by atoms with Gasteiger partial charge in [-0.15, -0.1) is 10.2 Å². The minimum atomic E-state index is -3.71. The van der Waals surface area contributed by atoms with Gasteiger partial charge in [0.25, 0.3) is 10.0 Å². The second kappa shape index (κ2) is 5.41. The van der Waals surface area contributed by atoms with Crippen LogP contribution >= 0.6 is 22.9 Å². The fraction of sp³-hybridized carbons (Fsp3) is 0.200. The molecule has 1 aromatic carbocycles. The Balaban J connectivity index is 2.31. The molecule has 19 heavy (non-hydrogen) atoms. The number of halogens is 1. The molecule has 102 valence electrons. The van der Waals surface area contributed by atoms with Gasteiger partial charge in [0.05, 0.1) is 4.90 Å². The number of nitrogens with two attached hydrogens (primary N) is 1. The van der Waals surface area contributed by atoms with Crippen LogP contribution in [0.25, 0.3) is 0 Å². The van der Waals surface area contributed by atoms with Crippen LogP contribution in [-0.4, -0.2) is 18.6 Å². The predicted octanol–water partition coefficient (Wildman–Crippen LogP) is 1.76. The lowest BCUT2D eigenvalue weighted by Crippen LogP contribution is -2.13. The van der Waals surface area contributed by atoms with Crippen molar-refractivity contribution in [2.24, 2.45) is 5.73 Å². The predicted molar refractivity (Wildman–Crippen MR) is 74.8 cm³/mol. The summed E-state index contributed by atoms with van der Waals surface area (Å²) in [6, 6.07) is 4.40. The summed E-state index contributed by atoms with van der Waals surface area (Å²) >= 11 is 7.10. The molecule has 0 saturated carbocycles. The molecule has 0 aliphatic heterocycles. The Morgan fingerprint density at radius 1 is 1.42 bits per heavy atom. The number of nitrogens with one attached hydrogen (secondary N) is 1. The number of hydrogen-bond acceptors (Lipinski definition) is 6. The summed E-state index contributed by atoms with van der Waals surface area (Å²) in [6.45, 7) is 1.99. The molecule has 0 radical (unpaired) electrons. The molecule has 2 aromatic rings. The lowest BCUT2D eigenvalue weighted by Gasteiger charge is -2.07. The van der Waals surface area contributed by atoms with E-state index >= 15 is 0 Å². The summed E-state index contributed by atoms with van der Waals surface area (Å²) in [5.41, 5.74) is 6.16. The second-order valence-corrected chi connectivity index (χ2v) is 6.96. The highest BCUT2D eigenvalue weighted by molar-refractivity contribution is 7.93. The van der Waals surface area contributed by atoms with Gasteiger partial charge in [-0.25, -0.2) is 8.42 Å². The van der Waals surface area contributed by atoms with Crippen LogP contribution in [0.15, 0.2) is 23.1 Å². The maximum atomic E-state index is 12.1. The first-order chi connectivity index (χ1) is 8.92. The summed E-state index contributed by atoms with van der Waals surface area (Å²) in [7, 11) is -3.71. The number of sulfonamides is 1. The Morgan fingerprint density at radius 2 is 2.16 bits per heavy atom. The van der Waals surface area contributed by atoms with Crippen molar-refractivity contribution in [2.75, 3.05) is 4.72 Å². The van der Waals surface area contributed by atoms with Crippen molar-refractivity contribution in [3.63, 3.8) is 0 Å². The van der Waals surface area contributed by atoms with Crippen molar-refractivity contribution in [2.45, 2.75) is 18.4 Å². The molecule has 0 aliphatic rings. The third kappa shape index (κ3) is 3.21. The molecule has 0 atom stereocenters. The molecular weight excluding hydrogens is 308 g/mol. The van der Waals surface area contributed by atoms with Crippen molar-refractivity contribution < 1.29 is 8.42 Å². The molecule has 0 bridgehead atoms. The van der Waals surface area contributed by atoms with Crippen LogP contribution in [0, 0.1) is 6.92 Å². The summed E-state index contributed by atoms with van der Waals surface area (Å²) in [6.07, 6.45) is 0. The maximum absolute atomic E-state index is 12.1. The van der Waals surface area contributed by atoms with E-state index in [9.17, 15) is 8.42 Å². The van der Waals surface area contributed by atoms with Crippen LogP contribution in [0.3, 0.4) is 0 Å². The molecule has 0 spiro atoms. The molecule has 0 amide bonds. The van der Waals surface area contributed by atoms with Crippen LogP contribution in [0.5, 0.6) is 0 Å². The van der Waals surface area contributed by atoms with E-state index in [1.165, 1.54) is 12.1 Å². The fourth-order valence-electron chi connectivity index (χ4n) is 1.37. The van der Waals surface area contributed by atoms with Gasteiger partial charge < -0.3 is 5.73 Å². The number of rotatable bonds is 4. The van der Waals surface area contributed by atoms with Crippen molar-refractivity contribution in [1.29, 1.82) is 0 Å². The lowest BCUT2D eigenvalue weighted by atomic mass is 10.2. The Kier molecular flexibility index (Phi) is 4.04. The Morgan fingerprint density at radius 3 is 2.68 bits per heavy atom. The van der Waals surface area contributed by atoms with E-state index in [1.54, 1.807) is 13.0 Å². The molecule has 0 unspecified atom stereocenters. The molecule has 1 heterocycles. The molecule has 0 aliphatic carbocycles. The molecule has 6 nitrogen and oxygen atoms in total. The number of nitrogens with zero attached hydrogens (tertiary/aromatic N) is 2. The summed E-state index contributed by atoms with van der Waals surface area (Å²) in [5, 5.41) is 8.66. The van der Waals surface area contributed by atoms with Gasteiger partial charge in [0, 0.05) is 11.6 Å². The Labute approximate surface area is 119 Å². The SMILES string of the molecule is Cc1nnc(NS(=O)(=O)c2ccc(CN)c(Cl)c2)s1. The van der Waals surface area contributed by atoms with Crippen LogP contribution in [0.1, 0.15) is 10.6 Å². The van der Waals surface area contributed by atoms with E-state index in [0.29, 0.717) is 15.6 Å². The van der Waals surface area contributed by atoms with Crippen molar-refractivity contribution in [1.82, 2.24) is 10.2 Å². The van der Waals surface area contributed by atoms with E-state index in [0.717, 1.165) is 11.3 Å². The van der Waals surface area contributed by atoms with Gasteiger partial charge in [-0.3, -0.25) is 4.72 Å². The summed E-state index contributed by atoms with van der Waals surface area (Å²) in [4.78, 5) is 0.0579. The van der Waals surface area contributed by atoms with E-state index in [1.807, 2.05) is 0 Å². The number of anilines is 1. The molecule has 9 heteroatoms. The highest BCUT2D eigenvalue weighted by Gasteiger charge is 2.17. The van der Waals surface area contributed by atoms with Gasteiger partial charge in [0.2, 0.25) is 5.13 Å². The van der Waals surface area contributed by atoms with E-state index in [4.69, 9.17) is 17.3 Å². The van der Waals surface area contributed by atoms with E-state index in [2.05, 4.69) is 14.9 Å². The highest BCUT2D eigenvalue weighted by Crippen LogP contribution is 2.23. The summed E-state index contributed by atoms with van der Waals surface area (Å²) in [5.74, 6) is 0. The van der Waals surface area contributed by atoms with Gasteiger partial charge >= 0.3 is 0 Å². The highest BCUT2D eigenvalue weighted by atomic mass is 35.5. The Hall–Kier alpha value is -1.22. The van der Waals surface area contributed by atoms with Crippen LogP contribution < -0.4 is 10.5 Å². The minimum Gasteiger partial charge on any atom is -0.326 e. The Bertz CT molecular complexity index is 699. The number of benzene rings is 1. The summed E-state index contributed by atoms with van der Waals surface area (Å²) < 4.78 is 26.5. The minimum absolute atomic E-state index is 0.0579. The third-order valence-electron chi connectivity index (χ3n) is 2.30. The zero-order valence-electron chi connectivity index (χ0n) is 9.92. The van der Waals surface area contributed by atoms with Gasteiger partial charge in [-0.1, -0.05) is 29.0 Å². The van der Waals surface area contributed by atoms with Gasteiger partial charge in [0.15, 0.2) is 0 Å². The average Bonchev–Trinajstić information content (AvgIpc) is 2.73. The normalized spacial score (nSPS) is 11.5. The van der Waals surface area contributed by atoms with Crippen LogP contribution in [0.4, 0.5) is 5.13 Å². The number of hydrogen-bond donors (Lipinski definition) is 2. The van der Waals surface area contributed by atoms with Gasteiger partial charge in [0.1, 0.15) is 5.01 Å². The molecular formula is C10H11ClN4O2S2. The standard InChI is InChI=1S/C10H11ClN4O2S2/c1-6-13-14-10(18-6)15-19(16,17)8-3-2-7(5-12)9(11)4-8/h2-4H,5,12H2,1H3,(H,14,15). The first-order valence-corrected chi connectivity index (χ1v) is 7.91. The zero-order chi connectivity index (χ0) is 14.0. The monoisotopic (exact) mass is 318 g/mol. The molecule has 0 saturated heterocycles. The average molecular weight is 319 g/mol. The first kappa shape index (κ1) is 14.2. The fourth-order valence-corrected chi connectivity index (χ4v) is 3.54. The molecule has 1 aromatic heterocycles. The largest absolute Gasteiger partial charge is 0.326 e. The molecule has 0 fully saturated rings. The topological polar surface area (TPSA) is 98.0 Å². The quantitative estimate of drug-likeness (QED) is 0.895. The van der Waals surface area contributed by atoms with E-state index in [-0.39, 0.29) is 16.6 Å². The lowest BCUT2D eigenvalue weighted by molar-refractivity contribution is 0.601. The van der Waals surface area contributed by atoms with Crippen molar-refractivity contribution in [3.05, 3.63) is 33.8 Å². The third-order valence-corrected chi connectivity index (χ3v) is 4.87. The first-order valence-electron chi connectivity index (χ1n) is 5.24. The van der Waals surface area contributed by atoms with Crippen LogP contribution in [-0.2, 0) is 16.6 Å².